The topological polar surface area (TPSA) is 17.1 Å². The summed E-state index contributed by atoms with van der Waals surface area (Å²) in [4.78, 5) is 10.8. The van der Waals surface area contributed by atoms with E-state index in [1.54, 1.807) is 6.92 Å². The molecule has 0 aromatic carbocycles. The molecule has 1 unspecified atom stereocenters. The minimum Gasteiger partial charge on any atom is -0.300 e. The summed E-state index contributed by atoms with van der Waals surface area (Å²) in [5, 5.41) is 0. The highest BCUT2D eigenvalue weighted by atomic mass is 16.1. The van der Waals surface area contributed by atoms with E-state index < -0.39 is 0 Å². The maximum Gasteiger partial charge on any atom is 0.133 e. The van der Waals surface area contributed by atoms with Gasteiger partial charge in [-0.25, -0.2) is 0 Å². The van der Waals surface area contributed by atoms with Gasteiger partial charge in [0.15, 0.2) is 0 Å². The fraction of sp³-hybridized carbons (Fsp3) is 0.875. The molecule has 50 valence electrons. The maximum absolute atomic E-state index is 10.8. The Hall–Kier alpha value is -0.330. The lowest BCUT2D eigenvalue weighted by atomic mass is 9.79. The van der Waals surface area contributed by atoms with Gasteiger partial charge in [0.2, 0.25) is 0 Å². The number of Topliss-reactive ketones (excluding diaryl/α,β-unsaturated/α-hetero) is 1. The summed E-state index contributed by atoms with van der Waals surface area (Å²) < 4.78 is 0. The average Bonchev–Trinajstić information content (AvgIpc) is 2.34. The zero-order valence-electron chi connectivity index (χ0n) is 5.81. The Morgan fingerprint density at radius 3 is 2.33 bits per heavy atom. The van der Waals surface area contributed by atoms with Gasteiger partial charge in [0, 0.05) is 5.92 Å². The third-order valence-corrected chi connectivity index (χ3v) is 3.03. The van der Waals surface area contributed by atoms with Gasteiger partial charge >= 0.3 is 0 Å². The molecule has 0 bridgehead atoms. The first-order chi connectivity index (χ1) is 4.25. The largest absolute Gasteiger partial charge is 0.300 e. The fourth-order valence-corrected chi connectivity index (χ4v) is 2.11. The molecule has 1 heteroatoms. The van der Waals surface area contributed by atoms with Crippen LogP contribution in [0.4, 0.5) is 0 Å². The first kappa shape index (κ1) is 5.45. The van der Waals surface area contributed by atoms with Gasteiger partial charge in [-0.2, -0.15) is 0 Å². The lowest BCUT2D eigenvalue weighted by Crippen LogP contribution is -2.17. The number of rotatable bonds is 1. The second-order valence-corrected chi connectivity index (χ2v) is 3.58. The van der Waals surface area contributed by atoms with E-state index >= 15 is 0 Å². The van der Waals surface area contributed by atoms with Crippen molar-refractivity contribution in [3.05, 3.63) is 0 Å². The molecular weight excluding hydrogens is 112 g/mol. The second-order valence-electron chi connectivity index (χ2n) is 3.58. The van der Waals surface area contributed by atoms with Crippen LogP contribution in [-0.2, 0) is 4.79 Å². The monoisotopic (exact) mass is 124 g/mol. The van der Waals surface area contributed by atoms with E-state index in [-0.39, 0.29) is 0 Å². The Bertz CT molecular complexity index is 156. The Morgan fingerprint density at radius 2 is 2.22 bits per heavy atom. The molecule has 0 heterocycles. The van der Waals surface area contributed by atoms with Gasteiger partial charge in [-0.3, -0.25) is 4.79 Å². The molecule has 0 aliphatic heterocycles. The van der Waals surface area contributed by atoms with E-state index in [1.165, 1.54) is 25.7 Å². The molecule has 1 nitrogen and oxygen atoms in total. The predicted octanol–water partition coefficient (Wildman–Crippen LogP) is 1.77. The van der Waals surface area contributed by atoms with Crippen LogP contribution in [0, 0.1) is 11.3 Å². The SMILES string of the molecule is CC(=O)C1CC12CCC2. The van der Waals surface area contributed by atoms with E-state index in [9.17, 15) is 4.79 Å². The minimum absolute atomic E-state index is 0.426. The Labute approximate surface area is 55.4 Å². The molecular formula is C8H12O. The third kappa shape index (κ3) is 0.577. The summed E-state index contributed by atoms with van der Waals surface area (Å²) in [6, 6.07) is 0. The van der Waals surface area contributed by atoms with Crippen molar-refractivity contribution in [3.8, 4) is 0 Å². The summed E-state index contributed by atoms with van der Waals surface area (Å²) in [6.07, 6.45) is 5.24. The summed E-state index contributed by atoms with van der Waals surface area (Å²) in [7, 11) is 0. The van der Waals surface area contributed by atoms with Gasteiger partial charge in [-0.1, -0.05) is 6.42 Å². The third-order valence-electron chi connectivity index (χ3n) is 3.03. The summed E-state index contributed by atoms with van der Waals surface area (Å²) in [6.45, 7) is 1.73. The highest BCUT2D eigenvalue weighted by Crippen LogP contribution is 2.65. The Morgan fingerprint density at radius 1 is 1.56 bits per heavy atom. The molecule has 1 spiro atoms. The van der Waals surface area contributed by atoms with Crippen LogP contribution in [0.15, 0.2) is 0 Å². The quantitative estimate of drug-likeness (QED) is 0.520. The molecule has 0 aromatic heterocycles. The molecule has 0 saturated heterocycles. The van der Waals surface area contributed by atoms with Crippen LogP contribution in [-0.4, -0.2) is 5.78 Å². The number of ketones is 1. The van der Waals surface area contributed by atoms with Crippen LogP contribution in [0.5, 0.6) is 0 Å². The van der Waals surface area contributed by atoms with Crippen LogP contribution in [0.25, 0.3) is 0 Å². The molecule has 2 rings (SSSR count). The van der Waals surface area contributed by atoms with Crippen LogP contribution >= 0.6 is 0 Å². The average molecular weight is 124 g/mol. The Balaban J connectivity index is 2.01. The molecule has 9 heavy (non-hydrogen) atoms. The van der Waals surface area contributed by atoms with E-state index in [0.29, 0.717) is 17.1 Å². The highest BCUT2D eigenvalue weighted by molar-refractivity contribution is 5.82. The van der Waals surface area contributed by atoms with Crippen LogP contribution in [0.3, 0.4) is 0 Å². The molecule has 2 aliphatic rings. The van der Waals surface area contributed by atoms with E-state index in [4.69, 9.17) is 0 Å². The van der Waals surface area contributed by atoms with Crippen molar-refractivity contribution in [2.75, 3.05) is 0 Å². The lowest BCUT2D eigenvalue weighted by Gasteiger charge is -2.25. The molecule has 2 aliphatic carbocycles. The zero-order chi connectivity index (χ0) is 6.48. The van der Waals surface area contributed by atoms with Crippen LogP contribution in [0.1, 0.15) is 32.6 Å². The number of carbonyl (C=O) groups excluding carboxylic acids is 1. The molecule has 0 amide bonds. The van der Waals surface area contributed by atoms with Crippen LogP contribution in [0.2, 0.25) is 0 Å². The van der Waals surface area contributed by atoms with Crippen molar-refractivity contribution >= 4 is 5.78 Å². The van der Waals surface area contributed by atoms with E-state index in [0.717, 1.165) is 0 Å². The lowest BCUT2D eigenvalue weighted by molar-refractivity contribution is -0.119. The van der Waals surface area contributed by atoms with Crippen molar-refractivity contribution in [3.63, 3.8) is 0 Å². The van der Waals surface area contributed by atoms with Gasteiger partial charge < -0.3 is 0 Å². The normalized spacial score (nSPS) is 35.9. The summed E-state index contributed by atoms with van der Waals surface area (Å²) >= 11 is 0. The van der Waals surface area contributed by atoms with Gasteiger partial charge in [-0.15, -0.1) is 0 Å². The minimum atomic E-state index is 0.426. The number of carbonyl (C=O) groups is 1. The van der Waals surface area contributed by atoms with Gasteiger partial charge in [0.05, 0.1) is 0 Å². The van der Waals surface area contributed by atoms with Gasteiger partial charge in [-0.05, 0) is 31.6 Å². The van der Waals surface area contributed by atoms with E-state index in [2.05, 4.69) is 0 Å². The second kappa shape index (κ2) is 1.39. The highest BCUT2D eigenvalue weighted by Gasteiger charge is 2.59. The van der Waals surface area contributed by atoms with Crippen molar-refractivity contribution in [1.82, 2.24) is 0 Å². The molecule has 2 saturated carbocycles. The van der Waals surface area contributed by atoms with Crippen molar-refractivity contribution < 1.29 is 4.79 Å². The molecule has 1 atom stereocenters. The molecule has 0 radical (unpaired) electrons. The van der Waals surface area contributed by atoms with Crippen molar-refractivity contribution in [2.24, 2.45) is 11.3 Å². The number of hydrogen-bond acceptors (Lipinski definition) is 1. The first-order valence-corrected chi connectivity index (χ1v) is 3.75. The van der Waals surface area contributed by atoms with Crippen LogP contribution < -0.4 is 0 Å². The van der Waals surface area contributed by atoms with E-state index in [1.807, 2.05) is 0 Å². The fourth-order valence-electron chi connectivity index (χ4n) is 2.11. The number of hydrogen-bond donors (Lipinski definition) is 0. The first-order valence-electron chi connectivity index (χ1n) is 3.75. The molecule has 0 N–H and O–H groups in total. The maximum atomic E-state index is 10.8. The Kier molecular flexibility index (Phi) is 0.842. The van der Waals surface area contributed by atoms with Crippen molar-refractivity contribution in [1.29, 1.82) is 0 Å². The standard InChI is InChI=1S/C8H12O/c1-6(9)7-5-8(7)3-2-4-8/h7H,2-5H2,1H3. The molecule has 2 fully saturated rings. The predicted molar refractivity (Wildman–Crippen MR) is 35.1 cm³/mol. The molecule has 0 aromatic rings. The summed E-state index contributed by atoms with van der Waals surface area (Å²) in [5.74, 6) is 0.904. The zero-order valence-corrected chi connectivity index (χ0v) is 5.81. The van der Waals surface area contributed by atoms with Crippen molar-refractivity contribution in [2.45, 2.75) is 32.6 Å². The van der Waals surface area contributed by atoms with Gasteiger partial charge in [0.25, 0.3) is 0 Å². The van der Waals surface area contributed by atoms with Gasteiger partial charge in [0.1, 0.15) is 5.78 Å². The smallest absolute Gasteiger partial charge is 0.133 e. The summed E-state index contributed by atoms with van der Waals surface area (Å²) in [5.41, 5.74) is 0.561.